The Hall–Kier alpha value is -3.82. The molecule has 1 aromatic carbocycles. The number of rotatable bonds is 9. The van der Waals surface area contributed by atoms with Crippen LogP contribution in [0.25, 0.3) is 11.0 Å². The number of fused-ring (bicyclic) bond motifs is 1. The van der Waals surface area contributed by atoms with Crippen molar-refractivity contribution in [3.63, 3.8) is 0 Å². The highest BCUT2D eigenvalue weighted by Crippen LogP contribution is 2.17. The Morgan fingerprint density at radius 3 is 2.66 bits per heavy atom. The fraction of sp³-hybridized carbons (Fsp3) is 0.231. The Labute approximate surface area is 207 Å². The fourth-order valence-electron chi connectivity index (χ4n) is 3.94. The maximum atomic E-state index is 12.6. The van der Waals surface area contributed by atoms with Gasteiger partial charge >= 0.3 is 0 Å². The Balaban J connectivity index is 1.11. The van der Waals surface area contributed by atoms with Crippen LogP contribution in [0.3, 0.4) is 0 Å². The van der Waals surface area contributed by atoms with Gasteiger partial charge in [0.25, 0.3) is 5.91 Å². The molecule has 0 aliphatic carbocycles. The number of amides is 1. The van der Waals surface area contributed by atoms with E-state index in [1.807, 2.05) is 25.3 Å². The molecule has 4 aromatic heterocycles. The molecule has 0 aliphatic rings. The first-order chi connectivity index (χ1) is 17.0. The number of carbonyl (C=O) groups is 1. The van der Waals surface area contributed by atoms with Crippen molar-refractivity contribution in [2.45, 2.75) is 40.0 Å². The third kappa shape index (κ3) is 5.64. The number of thiazole rings is 1. The van der Waals surface area contributed by atoms with Gasteiger partial charge in [-0.05, 0) is 42.7 Å². The predicted molar refractivity (Wildman–Crippen MR) is 137 cm³/mol. The molecule has 0 fully saturated rings. The second kappa shape index (κ2) is 10.2. The summed E-state index contributed by atoms with van der Waals surface area (Å²) in [7, 11) is 0. The van der Waals surface area contributed by atoms with Crippen LogP contribution in [0.5, 0.6) is 0 Å². The number of nitrogens with one attached hydrogen (secondary N) is 3. The van der Waals surface area contributed by atoms with E-state index in [-0.39, 0.29) is 5.91 Å². The van der Waals surface area contributed by atoms with Gasteiger partial charge in [-0.3, -0.25) is 9.48 Å². The van der Waals surface area contributed by atoms with Crippen LogP contribution in [-0.2, 0) is 26.2 Å². The molecule has 4 heterocycles. The quantitative estimate of drug-likeness (QED) is 0.292. The van der Waals surface area contributed by atoms with Crippen LogP contribution in [0.4, 0.5) is 0 Å². The minimum absolute atomic E-state index is 0.154. The molecule has 9 heteroatoms. The number of aryl methyl sites for hydroxylation is 2. The van der Waals surface area contributed by atoms with Crippen LogP contribution < -0.4 is 10.6 Å². The van der Waals surface area contributed by atoms with E-state index in [2.05, 4.69) is 61.9 Å². The summed E-state index contributed by atoms with van der Waals surface area (Å²) in [6.07, 6.45) is 7.00. The van der Waals surface area contributed by atoms with E-state index in [4.69, 9.17) is 0 Å². The summed E-state index contributed by atoms with van der Waals surface area (Å²) in [5.74, 6) is -0.154. The highest BCUT2D eigenvalue weighted by molar-refractivity contribution is 7.11. The summed E-state index contributed by atoms with van der Waals surface area (Å²) in [5, 5.41) is 12.9. The Kier molecular flexibility index (Phi) is 6.69. The third-order valence-electron chi connectivity index (χ3n) is 5.79. The van der Waals surface area contributed by atoms with Gasteiger partial charge in [0.1, 0.15) is 5.65 Å². The average Bonchev–Trinajstić information content (AvgIpc) is 3.58. The maximum absolute atomic E-state index is 12.6. The van der Waals surface area contributed by atoms with E-state index < -0.39 is 0 Å². The Morgan fingerprint density at radius 1 is 1.03 bits per heavy atom. The molecule has 0 aliphatic heterocycles. The van der Waals surface area contributed by atoms with Crippen molar-refractivity contribution >= 4 is 28.3 Å². The molecule has 0 atom stereocenters. The van der Waals surface area contributed by atoms with Crippen molar-refractivity contribution in [3.8, 4) is 0 Å². The van der Waals surface area contributed by atoms with Crippen molar-refractivity contribution in [1.82, 2.24) is 35.4 Å². The van der Waals surface area contributed by atoms with E-state index in [1.54, 1.807) is 34.6 Å². The number of pyridine rings is 1. The number of carbonyl (C=O) groups excluding carboxylic acids is 1. The third-order valence-corrected chi connectivity index (χ3v) is 6.86. The minimum Gasteiger partial charge on any atom is -0.348 e. The van der Waals surface area contributed by atoms with Gasteiger partial charge in [-0.1, -0.05) is 24.3 Å². The van der Waals surface area contributed by atoms with E-state index in [0.29, 0.717) is 18.7 Å². The van der Waals surface area contributed by atoms with Gasteiger partial charge < -0.3 is 15.6 Å². The molecular formula is C26H27N7OS. The number of nitrogens with zero attached hydrogens (tertiary/aromatic N) is 4. The number of H-pyrrole nitrogens is 1. The average molecular weight is 486 g/mol. The van der Waals surface area contributed by atoms with Crippen LogP contribution >= 0.6 is 11.3 Å². The molecule has 0 saturated heterocycles. The van der Waals surface area contributed by atoms with Gasteiger partial charge in [0.05, 0.1) is 29.0 Å². The highest BCUT2D eigenvalue weighted by atomic mass is 32.1. The molecular weight excluding hydrogens is 458 g/mol. The second-order valence-electron chi connectivity index (χ2n) is 8.53. The Morgan fingerprint density at radius 2 is 1.86 bits per heavy atom. The number of hydrogen-bond acceptors (Lipinski definition) is 6. The van der Waals surface area contributed by atoms with E-state index in [0.717, 1.165) is 46.0 Å². The molecule has 0 spiro atoms. The molecule has 3 N–H and O–H groups in total. The lowest BCUT2D eigenvalue weighted by Crippen LogP contribution is -2.22. The minimum atomic E-state index is -0.154. The predicted octanol–water partition coefficient (Wildman–Crippen LogP) is 4.10. The lowest BCUT2D eigenvalue weighted by Gasteiger charge is -2.06. The second-order valence-corrected chi connectivity index (χ2v) is 9.82. The van der Waals surface area contributed by atoms with Crippen molar-refractivity contribution in [1.29, 1.82) is 0 Å². The highest BCUT2D eigenvalue weighted by Gasteiger charge is 2.10. The summed E-state index contributed by atoms with van der Waals surface area (Å²) in [4.78, 5) is 25.7. The molecule has 0 saturated carbocycles. The van der Waals surface area contributed by atoms with Crippen molar-refractivity contribution in [2.75, 3.05) is 0 Å². The van der Waals surface area contributed by atoms with Gasteiger partial charge in [-0.2, -0.15) is 5.10 Å². The molecule has 5 aromatic rings. The molecule has 1 amide bonds. The molecule has 35 heavy (non-hydrogen) atoms. The molecule has 0 bridgehead atoms. The zero-order valence-corrected chi connectivity index (χ0v) is 20.5. The van der Waals surface area contributed by atoms with Gasteiger partial charge in [-0.25, -0.2) is 9.97 Å². The van der Waals surface area contributed by atoms with Crippen LogP contribution in [-0.4, -0.2) is 30.6 Å². The maximum Gasteiger partial charge on any atom is 0.254 e. The normalized spacial score (nSPS) is 11.3. The zero-order valence-electron chi connectivity index (χ0n) is 19.7. The van der Waals surface area contributed by atoms with Crippen molar-refractivity contribution < 1.29 is 4.79 Å². The number of benzene rings is 1. The number of aromatic amines is 1. The molecule has 178 valence electrons. The standard InChI is InChI=1S/C26H27N7OS/c1-17-24(35-18(2)32-17)14-27-10-19-3-5-20(6-4-19)15-33-16-23(13-31-33)26(34)30-12-21-9-22-7-8-28-25(22)29-11-21/h3-9,11,13,16,27H,10,12,14-15H2,1-2H3,(H,28,29)(H,30,34). The number of hydrogen-bond donors (Lipinski definition) is 3. The molecule has 5 rings (SSSR count). The SMILES string of the molecule is Cc1nc(C)c(CNCc2ccc(Cn3cc(C(=O)NCc4cnc5[nH]ccc5c4)cn3)cc2)s1. The number of aromatic nitrogens is 5. The lowest BCUT2D eigenvalue weighted by molar-refractivity contribution is 0.0951. The molecule has 0 radical (unpaired) electrons. The largest absolute Gasteiger partial charge is 0.348 e. The Bertz CT molecular complexity index is 1450. The summed E-state index contributed by atoms with van der Waals surface area (Å²) < 4.78 is 1.78. The summed E-state index contributed by atoms with van der Waals surface area (Å²) >= 11 is 1.74. The van der Waals surface area contributed by atoms with Gasteiger partial charge in [0, 0.05) is 48.5 Å². The monoisotopic (exact) mass is 485 g/mol. The first-order valence-corrected chi connectivity index (χ1v) is 12.3. The van der Waals surface area contributed by atoms with E-state index in [1.165, 1.54) is 10.4 Å². The van der Waals surface area contributed by atoms with Gasteiger partial charge in [0.2, 0.25) is 0 Å². The lowest BCUT2D eigenvalue weighted by atomic mass is 10.1. The summed E-state index contributed by atoms with van der Waals surface area (Å²) in [6, 6.07) is 12.4. The summed E-state index contributed by atoms with van der Waals surface area (Å²) in [5.41, 5.74) is 5.79. The van der Waals surface area contributed by atoms with Crippen LogP contribution in [0.15, 0.2) is 61.2 Å². The first kappa shape index (κ1) is 22.9. The topological polar surface area (TPSA) is 101 Å². The van der Waals surface area contributed by atoms with E-state index in [9.17, 15) is 4.79 Å². The van der Waals surface area contributed by atoms with Crippen molar-refractivity contribution in [2.24, 2.45) is 0 Å². The molecule has 8 nitrogen and oxygen atoms in total. The van der Waals surface area contributed by atoms with Crippen LogP contribution in [0.2, 0.25) is 0 Å². The molecule has 0 unspecified atom stereocenters. The fourth-order valence-corrected chi connectivity index (χ4v) is 4.85. The van der Waals surface area contributed by atoms with E-state index >= 15 is 0 Å². The zero-order chi connectivity index (χ0) is 24.2. The van der Waals surface area contributed by atoms with Gasteiger partial charge in [0.15, 0.2) is 0 Å². The summed E-state index contributed by atoms with van der Waals surface area (Å²) in [6.45, 7) is 6.74. The van der Waals surface area contributed by atoms with Crippen LogP contribution in [0.1, 0.15) is 42.6 Å². The first-order valence-electron chi connectivity index (χ1n) is 11.5. The van der Waals surface area contributed by atoms with Crippen LogP contribution in [0, 0.1) is 13.8 Å². The smallest absolute Gasteiger partial charge is 0.254 e. The van der Waals surface area contributed by atoms with Gasteiger partial charge in [-0.15, -0.1) is 11.3 Å². The van der Waals surface area contributed by atoms with Crippen molar-refractivity contribution in [3.05, 3.63) is 99.0 Å².